The van der Waals surface area contributed by atoms with Gasteiger partial charge in [0.05, 0.1) is 0 Å². The van der Waals surface area contributed by atoms with Crippen molar-refractivity contribution in [3.05, 3.63) is 80.8 Å². The van der Waals surface area contributed by atoms with Crippen LogP contribution in [-0.4, -0.2) is 80.9 Å². The van der Waals surface area contributed by atoms with Crippen LogP contribution in [0, 0.1) is 5.92 Å². The number of likely N-dealkylation sites (tertiary alicyclic amines) is 1. The highest BCUT2D eigenvalue weighted by Gasteiger charge is 2.69. The van der Waals surface area contributed by atoms with Crippen molar-refractivity contribution < 1.29 is 9.59 Å². The van der Waals surface area contributed by atoms with Crippen LogP contribution in [0.5, 0.6) is 0 Å². The second-order valence-corrected chi connectivity index (χ2v) is 15.5. The van der Waals surface area contributed by atoms with Crippen molar-refractivity contribution in [3.8, 4) is 0 Å². The summed E-state index contributed by atoms with van der Waals surface area (Å²) in [4.78, 5) is 44.4. The Morgan fingerprint density at radius 3 is 2.11 bits per heavy atom. The summed E-state index contributed by atoms with van der Waals surface area (Å²) in [5, 5.41) is 4.09. The fourth-order valence-electron chi connectivity index (χ4n) is 7.80. The summed E-state index contributed by atoms with van der Waals surface area (Å²) >= 11 is 14.4. The molecule has 10 heteroatoms. The number of likely N-dealkylation sites (N-methyl/N-ethyl adjacent to an activating group) is 1. The SMILES string of the molecule is CC(C)C1=CSC2=NC(C)(c3ccc(Cl)cc3)C(C(=O)N3CCCC3(C)C(=O)N3C[C@H](C)N(C)C[C@@H]3C)(c3ccc(Cl)cc3)N12. The molecule has 0 N–H and O–H groups in total. The van der Waals surface area contributed by atoms with Crippen LogP contribution in [0.1, 0.15) is 65.5 Å². The predicted octanol–water partition coefficient (Wildman–Crippen LogP) is 6.95. The Balaban J connectivity index is 1.56. The topological polar surface area (TPSA) is 59.5 Å². The molecular formula is C35H43Cl2N5O2S. The molecule has 6 rings (SSSR count). The van der Waals surface area contributed by atoms with E-state index in [9.17, 15) is 4.79 Å². The van der Waals surface area contributed by atoms with E-state index in [2.05, 4.69) is 50.0 Å². The van der Waals surface area contributed by atoms with E-state index in [0.717, 1.165) is 35.0 Å². The summed E-state index contributed by atoms with van der Waals surface area (Å²) < 4.78 is 0. The molecule has 45 heavy (non-hydrogen) atoms. The minimum Gasteiger partial charge on any atom is -0.335 e. The zero-order chi connectivity index (χ0) is 32.5. The third-order valence-electron chi connectivity index (χ3n) is 10.6. The maximum atomic E-state index is 16.0. The Bertz CT molecular complexity index is 1560. The highest BCUT2D eigenvalue weighted by molar-refractivity contribution is 8.16. The van der Waals surface area contributed by atoms with Gasteiger partial charge < -0.3 is 14.7 Å². The molecule has 0 aliphatic carbocycles. The number of piperazine rings is 1. The number of hydrogen-bond donors (Lipinski definition) is 0. The van der Waals surface area contributed by atoms with Gasteiger partial charge in [-0.2, -0.15) is 0 Å². The van der Waals surface area contributed by atoms with Crippen molar-refractivity contribution in [2.75, 3.05) is 26.7 Å². The Hall–Kier alpha value is -2.52. The van der Waals surface area contributed by atoms with Gasteiger partial charge in [-0.15, -0.1) is 0 Å². The molecule has 7 nitrogen and oxygen atoms in total. The predicted molar refractivity (Wildman–Crippen MR) is 184 cm³/mol. The highest BCUT2D eigenvalue weighted by atomic mass is 35.5. The normalized spacial score (nSPS) is 31.8. The van der Waals surface area contributed by atoms with Gasteiger partial charge in [-0.05, 0) is 94.3 Å². The van der Waals surface area contributed by atoms with Gasteiger partial charge in [0.15, 0.2) is 10.7 Å². The molecule has 0 bridgehead atoms. The summed E-state index contributed by atoms with van der Waals surface area (Å²) in [6, 6.07) is 15.5. The van der Waals surface area contributed by atoms with Crippen LogP contribution >= 0.6 is 35.0 Å². The van der Waals surface area contributed by atoms with E-state index >= 15 is 4.79 Å². The molecule has 0 aromatic heterocycles. The lowest BCUT2D eigenvalue weighted by molar-refractivity contribution is -0.161. The van der Waals surface area contributed by atoms with Gasteiger partial charge in [-0.1, -0.05) is 73.1 Å². The van der Waals surface area contributed by atoms with Crippen LogP contribution in [0.3, 0.4) is 0 Å². The van der Waals surface area contributed by atoms with Crippen molar-refractivity contribution >= 4 is 51.9 Å². The summed E-state index contributed by atoms with van der Waals surface area (Å²) in [7, 11) is 2.11. The lowest BCUT2D eigenvalue weighted by Crippen LogP contribution is -2.69. The quantitative estimate of drug-likeness (QED) is 0.345. The highest BCUT2D eigenvalue weighted by Crippen LogP contribution is 2.59. The third-order valence-corrected chi connectivity index (χ3v) is 11.9. The molecule has 3 unspecified atom stereocenters. The lowest BCUT2D eigenvalue weighted by Gasteiger charge is -2.52. The molecule has 2 amide bonds. The average Bonchev–Trinajstić information content (AvgIpc) is 3.67. The van der Waals surface area contributed by atoms with E-state index in [-0.39, 0.29) is 29.8 Å². The molecule has 0 spiro atoms. The van der Waals surface area contributed by atoms with Crippen molar-refractivity contribution in [1.82, 2.24) is 19.6 Å². The lowest BCUT2D eigenvalue weighted by atomic mass is 9.67. The number of fused-ring (bicyclic) bond motifs is 1. The van der Waals surface area contributed by atoms with E-state index < -0.39 is 16.6 Å². The molecule has 2 saturated heterocycles. The molecule has 2 fully saturated rings. The Labute approximate surface area is 281 Å². The van der Waals surface area contributed by atoms with Gasteiger partial charge in [-0.25, -0.2) is 4.99 Å². The Kier molecular flexibility index (Phi) is 8.37. The molecule has 2 aromatic rings. The number of amidine groups is 1. The molecule has 5 atom stereocenters. The largest absolute Gasteiger partial charge is 0.335 e. The van der Waals surface area contributed by atoms with Gasteiger partial charge in [0, 0.05) is 47.5 Å². The van der Waals surface area contributed by atoms with Crippen LogP contribution < -0.4 is 0 Å². The number of halogens is 2. The number of hydrogen-bond acceptors (Lipinski definition) is 6. The standard InChI is InChI=1S/C35H43Cl2N5O2S/c1-22(2)29-21-45-32-38-34(6,25-9-13-27(36)14-10-25)35(42(29)32,26-11-15-28(37)16-12-26)31(44)41-18-8-17-33(41,5)30(43)40-20-23(3)39(7)19-24(40)4/h9-16,21-24H,8,17-20H2,1-7H3/t23-,24-,33?,34?,35?/m0/s1. The third kappa shape index (κ3) is 4.85. The van der Waals surface area contributed by atoms with Crippen molar-refractivity contribution in [2.45, 2.75) is 83.1 Å². The molecule has 0 saturated carbocycles. The van der Waals surface area contributed by atoms with Crippen molar-refractivity contribution in [1.29, 1.82) is 0 Å². The number of benzene rings is 2. The summed E-state index contributed by atoms with van der Waals surface area (Å²) in [5.74, 6) is 0.0181. The second-order valence-electron chi connectivity index (χ2n) is 13.8. The van der Waals surface area contributed by atoms with Gasteiger partial charge in [0.2, 0.25) is 5.91 Å². The number of allylic oxidation sites excluding steroid dienone is 1. The molecule has 4 aliphatic rings. The van der Waals surface area contributed by atoms with E-state index in [0.29, 0.717) is 29.6 Å². The molecule has 2 aromatic carbocycles. The van der Waals surface area contributed by atoms with Crippen molar-refractivity contribution in [3.63, 3.8) is 0 Å². The monoisotopic (exact) mass is 667 g/mol. The molecule has 240 valence electrons. The van der Waals surface area contributed by atoms with Crippen LogP contribution in [0.15, 0.2) is 64.6 Å². The fourth-order valence-corrected chi connectivity index (χ4v) is 9.24. The first kappa shape index (κ1) is 32.4. The first-order valence-electron chi connectivity index (χ1n) is 15.9. The Morgan fingerprint density at radius 2 is 1.51 bits per heavy atom. The van der Waals surface area contributed by atoms with Crippen LogP contribution in [-0.2, 0) is 20.7 Å². The number of amides is 2. The number of carbonyl (C=O) groups excluding carboxylic acids is 2. The van der Waals surface area contributed by atoms with Gasteiger partial charge in [0.25, 0.3) is 5.91 Å². The summed E-state index contributed by atoms with van der Waals surface area (Å²) in [6.07, 6.45) is 1.35. The minimum atomic E-state index is -1.33. The smallest absolute Gasteiger partial charge is 0.257 e. The minimum absolute atomic E-state index is 0.0230. The maximum absolute atomic E-state index is 16.0. The molecule has 4 heterocycles. The van der Waals surface area contributed by atoms with Crippen LogP contribution in [0.2, 0.25) is 10.0 Å². The number of thioether (sulfide) groups is 1. The first-order valence-corrected chi connectivity index (χ1v) is 17.5. The van der Waals surface area contributed by atoms with E-state index in [1.807, 2.05) is 72.2 Å². The summed E-state index contributed by atoms with van der Waals surface area (Å²) in [6.45, 7) is 14.5. The van der Waals surface area contributed by atoms with Crippen LogP contribution in [0.25, 0.3) is 0 Å². The van der Waals surface area contributed by atoms with Gasteiger partial charge in [0.1, 0.15) is 11.1 Å². The average molecular weight is 669 g/mol. The zero-order valence-corrected chi connectivity index (χ0v) is 29.5. The Morgan fingerprint density at radius 1 is 0.911 bits per heavy atom. The molecule has 0 radical (unpaired) electrons. The number of nitrogens with zero attached hydrogens (tertiary/aromatic N) is 5. The van der Waals surface area contributed by atoms with Crippen LogP contribution in [0.4, 0.5) is 0 Å². The first-order chi connectivity index (χ1) is 21.3. The number of aliphatic imine (C=N–C) groups is 1. The second kappa shape index (κ2) is 11.6. The number of rotatable bonds is 5. The van der Waals surface area contributed by atoms with E-state index in [4.69, 9.17) is 28.2 Å². The summed E-state index contributed by atoms with van der Waals surface area (Å²) in [5.41, 5.74) is -0.707. The van der Waals surface area contributed by atoms with E-state index in [1.54, 1.807) is 11.8 Å². The van der Waals surface area contributed by atoms with Crippen molar-refractivity contribution in [2.24, 2.45) is 10.9 Å². The zero-order valence-electron chi connectivity index (χ0n) is 27.2. The molecular weight excluding hydrogens is 625 g/mol. The van der Waals surface area contributed by atoms with E-state index in [1.165, 1.54) is 0 Å². The van der Waals surface area contributed by atoms with Gasteiger partial charge >= 0.3 is 0 Å². The number of carbonyl (C=O) groups is 2. The molecule has 4 aliphatic heterocycles. The maximum Gasteiger partial charge on any atom is 0.257 e. The fraction of sp³-hybridized carbons (Fsp3) is 0.514. The van der Waals surface area contributed by atoms with Gasteiger partial charge in [-0.3, -0.25) is 14.5 Å².